The maximum absolute atomic E-state index is 13.1. The lowest BCUT2D eigenvalue weighted by molar-refractivity contribution is 0.0694. The molecule has 1 saturated carbocycles. The van der Waals surface area contributed by atoms with Crippen molar-refractivity contribution in [1.29, 1.82) is 0 Å². The van der Waals surface area contributed by atoms with Gasteiger partial charge in [0.2, 0.25) is 0 Å². The fourth-order valence-electron chi connectivity index (χ4n) is 3.53. The third-order valence-electron chi connectivity index (χ3n) is 4.71. The summed E-state index contributed by atoms with van der Waals surface area (Å²) in [6.45, 7) is 3.62. The summed E-state index contributed by atoms with van der Waals surface area (Å²) in [5.74, 6) is 0.136. The number of rotatable bonds is 2. The number of hydrogen-bond donors (Lipinski definition) is 0. The van der Waals surface area contributed by atoms with Crippen molar-refractivity contribution in [3.05, 3.63) is 34.4 Å². The Hall–Kier alpha value is -2.21. The van der Waals surface area contributed by atoms with Gasteiger partial charge in [-0.25, -0.2) is 4.98 Å². The summed E-state index contributed by atoms with van der Waals surface area (Å²) in [5.41, 5.74) is 4.46. The standard InChI is InChI=1S/C17H16N4OS/c1-10-19-12(9-23-10)14-15-13(3-2-6-18-15)21-8-7-20(11-4-5-11)17(22)16(14)21/h2-3,6,9,11H,4-5,7-8H2,1H3. The van der Waals surface area contributed by atoms with Gasteiger partial charge < -0.3 is 9.47 Å². The first-order valence-electron chi connectivity index (χ1n) is 7.94. The minimum Gasteiger partial charge on any atom is -0.333 e. The SMILES string of the molecule is Cc1nc(-c2c3n(c4cccnc24)CCN(C2CC2)C3=O)cs1. The molecule has 0 atom stereocenters. The molecule has 1 fully saturated rings. The van der Waals surface area contributed by atoms with Gasteiger partial charge in [-0.1, -0.05) is 0 Å². The molecule has 1 aliphatic carbocycles. The van der Waals surface area contributed by atoms with E-state index in [0.717, 1.165) is 58.9 Å². The molecule has 0 unspecified atom stereocenters. The summed E-state index contributed by atoms with van der Waals surface area (Å²) < 4.78 is 2.13. The van der Waals surface area contributed by atoms with Crippen LogP contribution in [0.3, 0.4) is 0 Å². The Bertz CT molecular complexity index is 937. The zero-order valence-corrected chi connectivity index (χ0v) is 13.6. The van der Waals surface area contributed by atoms with Crippen LogP contribution in [-0.2, 0) is 6.54 Å². The van der Waals surface area contributed by atoms with E-state index < -0.39 is 0 Å². The second kappa shape index (κ2) is 4.64. The van der Waals surface area contributed by atoms with Gasteiger partial charge in [-0.3, -0.25) is 9.78 Å². The third kappa shape index (κ3) is 1.88. The Morgan fingerprint density at radius 1 is 1.30 bits per heavy atom. The normalized spacial score (nSPS) is 17.8. The maximum atomic E-state index is 13.1. The van der Waals surface area contributed by atoms with Crippen LogP contribution >= 0.6 is 11.3 Å². The van der Waals surface area contributed by atoms with Crippen LogP contribution in [0.15, 0.2) is 23.7 Å². The van der Waals surface area contributed by atoms with E-state index in [-0.39, 0.29) is 5.91 Å². The van der Waals surface area contributed by atoms with Crippen molar-refractivity contribution in [3.63, 3.8) is 0 Å². The molecule has 116 valence electrons. The van der Waals surface area contributed by atoms with Gasteiger partial charge >= 0.3 is 0 Å². The molecule has 3 aromatic rings. The van der Waals surface area contributed by atoms with E-state index in [0.29, 0.717) is 6.04 Å². The molecule has 0 bridgehead atoms. The molecular formula is C17H16N4OS. The number of pyridine rings is 1. The molecule has 1 amide bonds. The van der Waals surface area contributed by atoms with Crippen molar-refractivity contribution < 1.29 is 4.79 Å². The summed E-state index contributed by atoms with van der Waals surface area (Å²) in [4.78, 5) is 24.4. The third-order valence-corrected chi connectivity index (χ3v) is 5.48. The predicted octanol–water partition coefficient (Wildman–Crippen LogP) is 3.09. The van der Waals surface area contributed by atoms with E-state index >= 15 is 0 Å². The fourth-order valence-corrected chi connectivity index (χ4v) is 4.13. The second-order valence-electron chi connectivity index (χ2n) is 6.23. The minimum atomic E-state index is 0.136. The van der Waals surface area contributed by atoms with Gasteiger partial charge in [0, 0.05) is 30.7 Å². The van der Waals surface area contributed by atoms with E-state index in [2.05, 4.69) is 20.6 Å². The highest BCUT2D eigenvalue weighted by atomic mass is 32.1. The summed E-state index contributed by atoms with van der Waals surface area (Å²) in [6.07, 6.45) is 4.06. The highest BCUT2D eigenvalue weighted by Crippen LogP contribution is 2.39. The van der Waals surface area contributed by atoms with Crippen molar-refractivity contribution >= 4 is 28.3 Å². The number of carbonyl (C=O) groups is 1. The van der Waals surface area contributed by atoms with Crippen LogP contribution in [0.5, 0.6) is 0 Å². The first-order chi connectivity index (χ1) is 11.2. The lowest BCUT2D eigenvalue weighted by Crippen LogP contribution is -2.41. The maximum Gasteiger partial charge on any atom is 0.271 e. The summed E-state index contributed by atoms with van der Waals surface area (Å²) in [6, 6.07) is 4.42. The molecule has 0 N–H and O–H groups in total. The summed E-state index contributed by atoms with van der Waals surface area (Å²) >= 11 is 1.61. The van der Waals surface area contributed by atoms with E-state index in [1.165, 1.54) is 0 Å². The zero-order chi connectivity index (χ0) is 15.6. The van der Waals surface area contributed by atoms with E-state index in [1.807, 2.05) is 23.3 Å². The van der Waals surface area contributed by atoms with Crippen LogP contribution < -0.4 is 0 Å². The number of hydrogen-bond acceptors (Lipinski definition) is 4. The largest absolute Gasteiger partial charge is 0.333 e. The van der Waals surface area contributed by atoms with E-state index in [4.69, 9.17) is 0 Å². The van der Waals surface area contributed by atoms with Crippen LogP contribution in [0.25, 0.3) is 22.3 Å². The van der Waals surface area contributed by atoms with Crippen molar-refractivity contribution in [2.24, 2.45) is 0 Å². The molecule has 0 saturated heterocycles. The van der Waals surface area contributed by atoms with Gasteiger partial charge in [-0.05, 0) is 31.9 Å². The Balaban J connectivity index is 1.81. The van der Waals surface area contributed by atoms with Crippen molar-refractivity contribution in [2.75, 3.05) is 6.54 Å². The summed E-state index contributed by atoms with van der Waals surface area (Å²) in [5, 5.41) is 3.04. The number of fused-ring (bicyclic) bond motifs is 3. The fraction of sp³-hybridized carbons (Fsp3) is 0.353. The number of amides is 1. The smallest absolute Gasteiger partial charge is 0.271 e. The molecule has 0 aromatic carbocycles. The van der Waals surface area contributed by atoms with Crippen molar-refractivity contribution in [1.82, 2.24) is 19.4 Å². The van der Waals surface area contributed by atoms with Crippen LogP contribution in [0, 0.1) is 6.92 Å². The quantitative estimate of drug-likeness (QED) is 0.728. The van der Waals surface area contributed by atoms with Gasteiger partial charge in [0.25, 0.3) is 5.91 Å². The molecule has 2 aliphatic rings. The molecule has 3 aromatic heterocycles. The Morgan fingerprint density at radius 2 is 2.17 bits per heavy atom. The zero-order valence-electron chi connectivity index (χ0n) is 12.8. The molecule has 4 heterocycles. The van der Waals surface area contributed by atoms with E-state index in [9.17, 15) is 4.79 Å². The number of thiazole rings is 1. The van der Waals surface area contributed by atoms with Crippen LogP contribution in [0.2, 0.25) is 0 Å². The van der Waals surface area contributed by atoms with Gasteiger partial charge in [0.15, 0.2) is 0 Å². The van der Waals surface area contributed by atoms with Gasteiger partial charge in [0.1, 0.15) is 5.69 Å². The molecule has 0 spiro atoms. The summed E-state index contributed by atoms with van der Waals surface area (Å²) in [7, 11) is 0. The first-order valence-corrected chi connectivity index (χ1v) is 8.82. The molecule has 5 nitrogen and oxygen atoms in total. The molecule has 5 rings (SSSR count). The number of aromatic nitrogens is 3. The number of carbonyl (C=O) groups excluding carboxylic acids is 1. The van der Waals surface area contributed by atoms with Crippen LogP contribution in [0.1, 0.15) is 28.3 Å². The molecule has 0 radical (unpaired) electrons. The van der Waals surface area contributed by atoms with Crippen LogP contribution in [-0.4, -0.2) is 37.9 Å². The molecule has 23 heavy (non-hydrogen) atoms. The van der Waals surface area contributed by atoms with Gasteiger partial charge in [-0.2, -0.15) is 0 Å². The average Bonchev–Trinajstić information content (AvgIpc) is 3.22. The number of nitrogens with zero attached hydrogens (tertiary/aromatic N) is 4. The molecule has 1 aliphatic heterocycles. The second-order valence-corrected chi connectivity index (χ2v) is 7.29. The van der Waals surface area contributed by atoms with Gasteiger partial charge in [0.05, 0.1) is 27.3 Å². The minimum absolute atomic E-state index is 0.136. The average molecular weight is 324 g/mol. The van der Waals surface area contributed by atoms with Gasteiger partial charge in [-0.15, -0.1) is 11.3 Å². The number of aryl methyl sites for hydroxylation is 1. The predicted molar refractivity (Wildman–Crippen MR) is 89.6 cm³/mol. The Morgan fingerprint density at radius 3 is 2.91 bits per heavy atom. The van der Waals surface area contributed by atoms with Crippen molar-refractivity contribution in [2.45, 2.75) is 32.4 Å². The Kier molecular flexibility index (Phi) is 2.68. The molecular weight excluding hydrogens is 308 g/mol. The van der Waals surface area contributed by atoms with E-state index in [1.54, 1.807) is 17.5 Å². The van der Waals surface area contributed by atoms with Crippen molar-refractivity contribution in [3.8, 4) is 11.3 Å². The lowest BCUT2D eigenvalue weighted by atomic mass is 10.1. The highest BCUT2D eigenvalue weighted by Gasteiger charge is 2.39. The topological polar surface area (TPSA) is 51.0 Å². The monoisotopic (exact) mass is 324 g/mol. The first kappa shape index (κ1) is 13.2. The molecule has 6 heteroatoms. The Labute approximate surface area is 137 Å². The highest BCUT2D eigenvalue weighted by molar-refractivity contribution is 7.09. The van der Waals surface area contributed by atoms with Crippen LogP contribution in [0.4, 0.5) is 0 Å². The lowest BCUT2D eigenvalue weighted by Gasteiger charge is -2.29.